The molecule has 0 aliphatic heterocycles. The maximum atomic E-state index is 9.19. The van der Waals surface area contributed by atoms with Crippen molar-refractivity contribution in [2.45, 2.75) is 91.6 Å². The zero-order valence-corrected chi connectivity index (χ0v) is 13.0. The first-order chi connectivity index (χ1) is 8.56. The lowest BCUT2D eigenvalue weighted by atomic mass is 9.96. The van der Waals surface area contributed by atoms with Gasteiger partial charge in [-0.05, 0) is 45.4 Å². The minimum absolute atomic E-state index is 0.160. The minimum Gasteiger partial charge on any atom is -0.393 e. The lowest BCUT2D eigenvalue weighted by Gasteiger charge is -2.11. The molecule has 0 fully saturated rings. The molecule has 0 aliphatic rings. The Morgan fingerprint density at radius 3 is 2.33 bits per heavy atom. The molecule has 2 unspecified atom stereocenters. The number of hydrogen-bond acceptors (Lipinski definition) is 1. The first-order valence-electron chi connectivity index (χ1n) is 7.90. The van der Waals surface area contributed by atoms with E-state index in [0.29, 0.717) is 0 Å². The molecule has 0 saturated heterocycles. The van der Waals surface area contributed by atoms with Gasteiger partial charge in [0.15, 0.2) is 0 Å². The molecule has 0 rings (SSSR count). The number of aliphatic hydroxyl groups excluding tert-OH is 1. The van der Waals surface area contributed by atoms with Crippen LogP contribution in [0, 0.1) is 5.92 Å². The summed E-state index contributed by atoms with van der Waals surface area (Å²) < 4.78 is 0. The Morgan fingerprint density at radius 2 is 1.72 bits per heavy atom. The van der Waals surface area contributed by atoms with E-state index in [1.807, 2.05) is 6.92 Å². The lowest BCUT2D eigenvalue weighted by molar-refractivity contribution is 0.186. The topological polar surface area (TPSA) is 20.2 Å². The molecule has 0 heterocycles. The molecule has 1 heteroatoms. The van der Waals surface area contributed by atoms with E-state index in [9.17, 15) is 5.11 Å². The van der Waals surface area contributed by atoms with Crippen LogP contribution >= 0.6 is 0 Å². The summed E-state index contributed by atoms with van der Waals surface area (Å²) >= 11 is 0. The van der Waals surface area contributed by atoms with E-state index in [-0.39, 0.29) is 6.10 Å². The highest BCUT2D eigenvalue weighted by Crippen LogP contribution is 2.18. The summed E-state index contributed by atoms with van der Waals surface area (Å²) in [6, 6.07) is 0. The van der Waals surface area contributed by atoms with Crippen molar-refractivity contribution in [3.05, 3.63) is 11.6 Å². The molecule has 0 radical (unpaired) electrons. The third-order valence-corrected chi connectivity index (χ3v) is 3.65. The predicted octanol–water partition coefficient (Wildman–Crippen LogP) is 5.48. The van der Waals surface area contributed by atoms with Crippen LogP contribution in [0.1, 0.15) is 85.5 Å². The Bertz CT molecular complexity index is 206. The quantitative estimate of drug-likeness (QED) is 0.382. The first kappa shape index (κ1) is 17.7. The average molecular weight is 254 g/mol. The van der Waals surface area contributed by atoms with Gasteiger partial charge in [-0.25, -0.2) is 0 Å². The van der Waals surface area contributed by atoms with Crippen molar-refractivity contribution in [3.8, 4) is 0 Å². The molecular formula is C17H34O. The zero-order valence-electron chi connectivity index (χ0n) is 13.0. The summed E-state index contributed by atoms with van der Waals surface area (Å²) in [4.78, 5) is 0. The van der Waals surface area contributed by atoms with Gasteiger partial charge < -0.3 is 5.11 Å². The van der Waals surface area contributed by atoms with Crippen molar-refractivity contribution in [2.75, 3.05) is 0 Å². The van der Waals surface area contributed by atoms with Crippen molar-refractivity contribution < 1.29 is 5.11 Å². The normalized spacial score (nSPS) is 15.7. The molecule has 0 aromatic rings. The maximum Gasteiger partial charge on any atom is 0.0515 e. The van der Waals surface area contributed by atoms with Crippen LogP contribution in [0.15, 0.2) is 11.6 Å². The van der Waals surface area contributed by atoms with E-state index < -0.39 is 0 Å². The van der Waals surface area contributed by atoms with Crippen molar-refractivity contribution >= 4 is 0 Å². The van der Waals surface area contributed by atoms with Crippen LogP contribution in [0.5, 0.6) is 0 Å². The molecule has 0 bridgehead atoms. The number of unbranched alkanes of at least 4 members (excludes halogenated alkanes) is 2. The molecule has 2 atom stereocenters. The number of rotatable bonds is 11. The second kappa shape index (κ2) is 11.8. The Kier molecular flexibility index (Phi) is 11.6. The Balaban J connectivity index is 3.51. The molecule has 108 valence electrons. The van der Waals surface area contributed by atoms with Gasteiger partial charge in [0.25, 0.3) is 0 Å². The molecule has 18 heavy (non-hydrogen) atoms. The van der Waals surface area contributed by atoms with E-state index in [2.05, 4.69) is 26.8 Å². The fraction of sp³-hybridized carbons (Fsp3) is 0.882. The van der Waals surface area contributed by atoms with Gasteiger partial charge in [-0.1, -0.05) is 57.6 Å². The first-order valence-corrected chi connectivity index (χ1v) is 7.90. The van der Waals surface area contributed by atoms with E-state index in [0.717, 1.165) is 18.8 Å². The monoisotopic (exact) mass is 254 g/mol. The van der Waals surface area contributed by atoms with Crippen molar-refractivity contribution in [1.82, 2.24) is 0 Å². The fourth-order valence-electron chi connectivity index (χ4n) is 2.29. The highest BCUT2D eigenvalue weighted by molar-refractivity contribution is 4.97. The Labute approximate surface area is 115 Å². The van der Waals surface area contributed by atoms with Gasteiger partial charge in [-0.3, -0.25) is 0 Å². The van der Waals surface area contributed by atoms with Crippen LogP contribution in [0.25, 0.3) is 0 Å². The molecule has 0 saturated carbocycles. The lowest BCUT2D eigenvalue weighted by Crippen LogP contribution is -1.97. The van der Waals surface area contributed by atoms with E-state index in [1.54, 1.807) is 0 Å². The number of hydrogen-bond donors (Lipinski definition) is 1. The van der Waals surface area contributed by atoms with Gasteiger partial charge in [0.2, 0.25) is 0 Å². The van der Waals surface area contributed by atoms with Crippen LogP contribution in [-0.2, 0) is 0 Å². The highest BCUT2D eigenvalue weighted by Gasteiger charge is 2.02. The van der Waals surface area contributed by atoms with Gasteiger partial charge in [-0.2, -0.15) is 0 Å². The molecule has 0 spiro atoms. The standard InChI is InChI=1S/C17H34O/c1-5-6-7-10-15(2)11-8-12-16(3)13-9-14-17(4)18/h13,15,17-18H,5-12,14H2,1-4H3/b16-13+. The second-order valence-electron chi connectivity index (χ2n) is 5.97. The summed E-state index contributed by atoms with van der Waals surface area (Å²) in [7, 11) is 0. The fourth-order valence-corrected chi connectivity index (χ4v) is 2.29. The van der Waals surface area contributed by atoms with Gasteiger partial charge in [-0.15, -0.1) is 0 Å². The average Bonchev–Trinajstić information content (AvgIpc) is 2.29. The van der Waals surface area contributed by atoms with Crippen molar-refractivity contribution in [2.24, 2.45) is 5.92 Å². The van der Waals surface area contributed by atoms with Crippen LogP contribution < -0.4 is 0 Å². The van der Waals surface area contributed by atoms with Gasteiger partial charge in [0.05, 0.1) is 6.10 Å². The van der Waals surface area contributed by atoms with Crippen molar-refractivity contribution in [1.29, 1.82) is 0 Å². The Morgan fingerprint density at radius 1 is 1.06 bits per heavy atom. The number of aliphatic hydroxyl groups is 1. The molecule has 0 aliphatic carbocycles. The zero-order chi connectivity index (χ0) is 13.8. The minimum atomic E-state index is -0.160. The highest BCUT2D eigenvalue weighted by atomic mass is 16.3. The van der Waals surface area contributed by atoms with Gasteiger partial charge in [0, 0.05) is 0 Å². The molecule has 0 amide bonds. The van der Waals surface area contributed by atoms with Gasteiger partial charge in [0.1, 0.15) is 0 Å². The van der Waals surface area contributed by atoms with Gasteiger partial charge >= 0.3 is 0 Å². The second-order valence-corrected chi connectivity index (χ2v) is 5.97. The molecule has 1 nitrogen and oxygen atoms in total. The van der Waals surface area contributed by atoms with Crippen LogP contribution in [0.2, 0.25) is 0 Å². The van der Waals surface area contributed by atoms with Crippen LogP contribution in [0.4, 0.5) is 0 Å². The largest absolute Gasteiger partial charge is 0.393 e. The molecular weight excluding hydrogens is 220 g/mol. The van der Waals surface area contributed by atoms with E-state index in [1.165, 1.54) is 50.5 Å². The summed E-state index contributed by atoms with van der Waals surface area (Å²) in [6.07, 6.45) is 13.5. The summed E-state index contributed by atoms with van der Waals surface area (Å²) in [5, 5.41) is 9.19. The van der Waals surface area contributed by atoms with Crippen LogP contribution in [0.3, 0.4) is 0 Å². The maximum absolute atomic E-state index is 9.19. The van der Waals surface area contributed by atoms with Crippen molar-refractivity contribution in [3.63, 3.8) is 0 Å². The summed E-state index contributed by atoms with van der Waals surface area (Å²) in [6.45, 7) is 8.75. The number of allylic oxidation sites excluding steroid dienone is 2. The molecule has 1 N–H and O–H groups in total. The molecule has 0 aromatic heterocycles. The SMILES string of the molecule is CCCCCC(C)CCC/C(C)=C/CCC(C)O. The van der Waals surface area contributed by atoms with E-state index in [4.69, 9.17) is 0 Å². The summed E-state index contributed by atoms with van der Waals surface area (Å²) in [5.41, 5.74) is 1.50. The third-order valence-electron chi connectivity index (χ3n) is 3.65. The molecule has 0 aromatic carbocycles. The Hall–Kier alpha value is -0.300. The van der Waals surface area contributed by atoms with E-state index >= 15 is 0 Å². The third kappa shape index (κ3) is 12.2. The summed E-state index contributed by atoms with van der Waals surface area (Å²) in [5.74, 6) is 0.891. The van der Waals surface area contributed by atoms with Crippen LogP contribution in [-0.4, -0.2) is 11.2 Å². The smallest absolute Gasteiger partial charge is 0.0515 e. The predicted molar refractivity (Wildman–Crippen MR) is 81.8 cm³/mol.